The number of carbonyl (C=O) groups excluding carboxylic acids is 1. The van der Waals surface area contributed by atoms with Crippen LogP contribution in [-0.4, -0.2) is 28.0 Å². The Morgan fingerprint density at radius 3 is 2.44 bits per heavy atom. The van der Waals surface area contributed by atoms with Gasteiger partial charge < -0.3 is 19.5 Å². The van der Waals surface area contributed by atoms with E-state index in [-0.39, 0.29) is 24.9 Å². The van der Waals surface area contributed by atoms with Gasteiger partial charge in [-0.2, -0.15) is 0 Å². The molecule has 0 unspecified atom stereocenters. The van der Waals surface area contributed by atoms with Gasteiger partial charge in [-0.3, -0.25) is 4.79 Å². The summed E-state index contributed by atoms with van der Waals surface area (Å²) < 4.78 is 24.9. The second kappa shape index (κ2) is 11.8. The van der Waals surface area contributed by atoms with Gasteiger partial charge in [-0.05, 0) is 53.9 Å². The largest absolute Gasteiger partial charge is 0.493 e. The number of aliphatic hydroxyl groups is 1. The van der Waals surface area contributed by atoms with Gasteiger partial charge in [0.15, 0.2) is 11.5 Å². The molecule has 0 fully saturated rings. The average Bonchev–Trinajstić information content (AvgIpc) is 3.36. The lowest BCUT2D eigenvalue weighted by Crippen LogP contribution is -2.30. The summed E-state index contributed by atoms with van der Waals surface area (Å²) in [6.07, 6.45) is 0. The van der Waals surface area contributed by atoms with E-state index in [0.717, 1.165) is 21.7 Å². The molecule has 0 saturated heterocycles. The highest BCUT2D eigenvalue weighted by Gasteiger charge is 2.19. The lowest BCUT2D eigenvalue weighted by molar-refractivity contribution is 0.0729. The minimum atomic E-state index is -0.321. The maximum absolute atomic E-state index is 13.6. The van der Waals surface area contributed by atoms with Gasteiger partial charge in [-0.15, -0.1) is 11.3 Å². The number of methoxy groups -OCH3 is 1. The Hall–Kier alpha value is -3.75. The number of nitrogens with zero attached hydrogens (tertiary/aromatic N) is 2. The highest BCUT2D eigenvalue weighted by atomic mass is 32.1. The predicted molar refractivity (Wildman–Crippen MR) is 137 cm³/mol. The van der Waals surface area contributed by atoms with E-state index < -0.39 is 0 Å². The number of thiazole rings is 1. The van der Waals surface area contributed by atoms with Crippen molar-refractivity contribution in [3.05, 3.63) is 111 Å². The summed E-state index contributed by atoms with van der Waals surface area (Å²) in [5, 5.41) is 11.8. The fraction of sp³-hybridized carbons (Fsp3) is 0.214. The van der Waals surface area contributed by atoms with Crippen LogP contribution in [0.2, 0.25) is 0 Å². The number of benzene rings is 3. The number of hydrogen-bond donors (Lipinski definition) is 1. The molecule has 1 aromatic heterocycles. The van der Waals surface area contributed by atoms with Crippen molar-refractivity contribution in [3.8, 4) is 11.5 Å². The molecule has 0 bridgehead atoms. The van der Waals surface area contributed by atoms with E-state index in [1.165, 1.54) is 23.5 Å². The van der Waals surface area contributed by atoms with Crippen molar-refractivity contribution >= 4 is 17.2 Å². The summed E-state index contributed by atoms with van der Waals surface area (Å²) in [5.74, 6) is 0.655. The molecule has 0 radical (unpaired) electrons. The van der Waals surface area contributed by atoms with Gasteiger partial charge in [0.1, 0.15) is 17.4 Å². The monoisotopic (exact) mass is 506 g/mol. The first-order valence-corrected chi connectivity index (χ1v) is 12.3. The molecule has 4 rings (SSSR count). The van der Waals surface area contributed by atoms with Crippen molar-refractivity contribution in [2.24, 2.45) is 0 Å². The van der Waals surface area contributed by atoms with Crippen molar-refractivity contribution in [1.82, 2.24) is 9.88 Å². The molecule has 0 atom stereocenters. The quantitative estimate of drug-likeness (QED) is 0.307. The van der Waals surface area contributed by atoms with E-state index in [2.05, 4.69) is 4.98 Å². The second-order valence-corrected chi connectivity index (χ2v) is 9.21. The maximum Gasteiger partial charge on any atom is 0.254 e. The molecular formula is C28H27FN2O4S. The van der Waals surface area contributed by atoms with Crippen LogP contribution in [0.25, 0.3) is 0 Å². The number of halogens is 1. The summed E-state index contributed by atoms with van der Waals surface area (Å²) in [6, 6.07) is 19.2. The van der Waals surface area contributed by atoms with Crippen LogP contribution >= 0.6 is 11.3 Å². The van der Waals surface area contributed by atoms with Crippen molar-refractivity contribution in [3.63, 3.8) is 0 Å². The fourth-order valence-electron chi connectivity index (χ4n) is 3.77. The summed E-state index contributed by atoms with van der Waals surface area (Å²) in [4.78, 5) is 19.6. The minimum Gasteiger partial charge on any atom is -0.493 e. The van der Waals surface area contributed by atoms with Gasteiger partial charge >= 0.3 is 0 Å². The van der Waals surface area contributed by atoms with Crippen LogP contribution < -0.4 is 9.47 Å². The van der Waals surface area contributed by atoms with Gasteiger partial charge in [-0.25, -0.2) is 9.37 Å². The number of aliphatic hydroxyl groups excluding tert-OH is 1. The Labute approximate surface area is 213 Å². The lowest BCUT2D eigenvalue weighted by atomic mass is 10.1. The molecule has 0 aliphatic rings. The molecule has 4 aromatic rings. The number of rotatable bonds is 10. The van der Waals surface area contributed by atoms with Crippen molar-refractivity contribution < 1.29 is 23.8 Å². The molecule has 36 heavy (non-hydrogen) atoms. The molecule has 0 spiro atoms. The third kappa shape index (κ3) is 6.27. The lowest BCUT2D eigenvalue weighted by Gasteiger charge is -2.24. The van der Waals surface area contributed by atoms with E-state index in [0.29, 0.717) is 35.8 Å². The fourth-order valence-corrected chi connectivity index (χ4v) is 4.47. The zero-order chi connectivity index (χ0) is 25.5. The topological polar surface area (TPSA) is 71.9 Å². The summed E-state index contributed by atoms with van der Waals surface area (Å²) in [5.41, 5.74) is 3.78. The first kappa shape index (κ1) is 25.3. The molecule has 6 nitrogen and oxygen atoms in total. The number of ether oxygens (including phenoxy) is 2. The Morgan fingerprint density at radius 1 is 1.03 bits per heavy atom. The van der Waals surface area contributed by atoms with Gasteiger partial charge in [0.25, 0.3) is 5.91 Å². The zero-order valence-electron chi connectivity index (χ0n) is 20.1. The molecule has 0 aliphatic carbocycles. The van der Waals surface area contributed by atoms with Gasteiger partial charge in [-0.1, -0.05) is 36.4 Å². The average molecular weight is 507 g/mol. The number of amides is 1. The summed E-state index contributed by atoms with van der Waals surface area (Å²) in [7, 11) is 1.57. The van der Waals surface area contributed by atoms with Crippen molar-refractivity contribution in [1.29, 1.82) is 0 Å². The van der Waals surface area contributed by atoms with E-state index in [9.17, 15) is 14.3 Å². The Balaban J connectivity index is 1.59. The molecule has 1 amide bonds. The van der Waals surface area contributed by atoms with Crippen LogP contribution in [0.3, 0.4) is 0 Å². The molecule has 8 heteroatoms. The van der Waals surface area contributed by atoms with Crippen molar-refractivity contribution in [2.45, 2.75) is 33.2 Å². The normalized spacial score (nSPS) is 10.8. The standard InChI is InChI=1S/C28H27FN2O4S/c1-19-5-3-4-6-24(19)28(33)31(14-20-7-10-22(29)11-8-20)15-21-9-12-25(34-2)26(13-21)35-17-27-30-23(16-32)18-36-27/h3-13,18,32H,14-17H2,1-2H3. The molecular weight excluding hydrogens is 479 g/mol. The van der Waals surface area contributed by atoms with Crippen LogP contribution in [0.4, 0.5) is 4.39 Å². The van der Waals surface area contributed by atoms with E-state index in [1.807, 2.05) is 43.3 Å². The molecule has 1 N–H and O–H groups in total. The van der Waals surface area contributed by atoms with Crippen LogP contribution in [-0.2, 0) is 26.3 Å². The molecule has 186 valence electrons. The molecule has 1 heterocycles. The van der Waals surface area contributed by atoms with E-state index in [1.54, 1.807) is 35.6 Å². The minimum absolute atomic E-state index is 0.116. The van der Waals surface area contributed by atoms with E-state index in [4.69, 9.17) is 9.47 Å². The van der Waals surface area contributed by atoms with Crippen LogP contribution in [0, 0.1) is 12.7 Å². The summed E-state index contributed by atoms with van der Waals surface area (Å²) in [6.45, 7) is 2.65. The number of hydrogen-bond acceptors (Lipinski definition) is 6. The first-order chi connectivity index (χ1) is 17.5. The third-order valence-electron chi connectivity index (χ3n) is 5.66. The Morgan fingerprint density at radius 2 is 1.75 bits per heavy atom. The third-order valence-corrected chi connectivity index (χ3v) is 6.53. The molecule has 0 saturated carbocycles. The Bertz CT molecular complexity index is 1320. The van der Waals surface area contributed by atoms with Crippen LogP contribution in [0.1, 0.15) is 37.7 Å². The Kier molecular flexibility index (Phi) is 8.30. The number of aromatic nitrogens is 1. The van der Waals surface area contributed by atoms with Crippen molar-refractivity contribution in [2.75, 3.05) is 7.11 Å². The SMILES string of the molecule is COc1ccc(CN(Cc2ccc(F)cc2)C(=O)c2ccccc2C)cc1OCc1nc(CO)cs1. The highest BCUT2D eigenvalue weighted by molar-refractivity contribution is 7.09. The van der Waals surface area contributed by atoms with Crippen LogP contribution in [0.15, 0.2) is 72.1 Å². The number of aryl methyl sites for hydroxylation is 1. The second-order valence-electron chi connectivity index (χ2n) is 8.27. The van der Waals surface area contributed by atoms with Gasteiger partial charge in [0.05, 0.1) is 19.4 Å². The predicted octanol–water partition coefficient (Wildman–Crippen LogP) is 5.51. The highest BCUT2D eigenvalue weighted by Crippen LogP contribution is 2.30. The number of carbonyl (C=O) groups is 1. The smallest absolute Gasteiger partial charge is 0.254 e. The molecule has 3 aromatic carbocycles. The van der Waals surface area contributed by atoms with Crippen LogP contribution in [0.5, 0.6) is 11.5 Å². The zero-order valence-corrected chi connectivity index (χ0v) is 20.9. The van der Waals surface area contributed by atoms with Gasteiger partial charge in [0, 0.05) is 24.0 Å². The summed E-state index contributed by atoms with van der Waals surface area (Å²) >= 11 is 1.41. The maximum atomic E-state index is 13.6. The van der Waals surface area contributed by atoms with E-state index >= 15 is 0 Å². The molecule has 0 aliphatic heterocycles. The first-order valence-electron chi connectivity index (χ1n) is 11.4. The van der Waals surface area contributed by atoms with Gasteiger partial charge in [0.2, 0.25) is 0 Å².